The molecule has 1 aliphatic heterocycles. The van der Waals surface area contributed by atoms with Gasteiger partial charge < -0.3 is 10.5 Å². The molecule has 1 aromatic carbocycles. The number of halogens is 1. The van der Waals surface area contributed by atoms with E-state index in [1.807, 2.05) is 0 Å². The molecule has 3 heteroatoms. The quantitative estimate of drug-likeness (QED) is 0.851. The van der Waals surface area contributed by atoms with E-state index < -0.39 is 0 Å². The van der Waals surface area contributed by atoms with Crippen LogP contribution in [0.5, 0.6) is 5.75 Å². The number of benzene rings is 1. The van der Waals surface area contributed by atoms with Gasteiger partial charge in [-0.05, 0) is 54.5 Å². The second kappa shape index (κ2) is 5.95. The van der Waals surface area contributed by atoms with Gasteiger partial charge >= 0.3 is 0 Å². The summed E-state index contributed by atoms with van der Waals surface area (Å²) in [6, 6.07) is 4.14. The highest BCUT2D eigenvalue weighted by Gasteiger charge is 2.32. The van der Waals surface area contributed by atoms with E-state index in [2.05, 4.69) is 12.1 Å². The predicted molar refractivity (Wildman–Crippen MR) is 83.5 cm³/mol. The molecule has 20 heavy (non-hydrogen) atoms. The third-order valence-electron chi connectivity index (χ3n) is 4.99. The third-order valence-corrected chi connectivity index (χ3v) is 5.21. The van der Waals surface area contributed by atoms with E-state index in [1.165, 1.54) is 49.7 Å². The van der Waals surface area contributed by atoms with Gasteiger partial charge in [0.05, 0.1) is 6.61 Å². The second-order valence-corrected chi connectivity index (χ2v) is 6.88. The number of hydrogen-bond donors (Lipinski definition) is 1. The highest BCUT2D eigenvalue weighted by Crippen LogP contribution is 2.42. The van der Waals surface area contributed by atoms with E-state index in [9.17, 15) is 0 Å². The standard InChI is InChI=1S/C17H24ClNO/c18-15-9-13-5-8-20-16(13)14(10-15)11-17(12-19)6-3-1-2-4-7-17/h9-10H,1-8,11-12,19H2. The average Bonchev–Trinajstić information content (AvgIpc) is 2.78. The Morgan fingerprint density at radius 1 is 1.15 bits per heavy atom. The fourth-order valence-electron chi connectivity index (χ4n) is 3.81. The molecule has 2 aliphatic rings. The molecule has 1 aromatic rings. The van der Waals surface area contributed by atoms with Gasteiger partial charge in [0.25, 0.3) is 0 Å². The van der Waals surface area contributed by atoms with Crippen LogP contribution in [-0.2, 0) is 12.8 Å². The van der Waals surface area contributed by atoms with Crippen molar-refractivity contribution in [2.24, 2.45) is 11.1 Å². The third kappa shape index (κ3) is 2.82. The van der Waals surface area contributed by atoms with Gasteiger partial charge in [0, 0.05) is 11.4 Å². The lowest BCUT2D eigenvalue weighted by molar-refractivity contribution is 0.248. The van der Waals surface area contributed by atoms with Gasteiger partial charge in [-0.3, -0.25) is 0 Å². The maximum Gasteiger partial charge on any atom is 0.125 e. The first-order valence-corrected chi connectivity index (χ1v) is 8.24. The normalized spacial score (nSPS) is 21.1. The summed E-state index contributed by atoms with van der Waals surface area (Å²) in [7, 11) is 0. The van der Waals surface area contributed by atoms with Crippen molar-refractivity contribution in [3.05, 3.63) is 28.3 Å². The van der Waals surface area contributed by atoms with Gasteiger partial charge in [0.15, 0.2) is 0 Å². The summed E-state index contributed by atoms with van der Waals surface area (Å²) in [6.45, 7) is 1.56. The van der Waals surface area contributed by atoms with Crippen LogP contribution in [0, 0.1) is 5.41 Å². The molecule has 2 N–H and O–H groups in total. The lowest BCUT2D eigenvalue weighted by atomic mass is 9.75. The molecule has 1 aliphatic carbocycles. The van der Waals surface area contributed by atoms with Crippen LogP contribution in [0.2, 0.25) is 5.02 Å². The number of fused-ring (bicyclic) bond motifs is 1. The molecule has 2 nitrogen and oxygen atoms in total. The summed E-state index contributed by atoms with van der Waals surface area (Å²) in [5, 5.41) is 0.838. The Kier molecular flexibility index (Phi) is 4.23. The summed E-state index contributed by atoms with van der Waals surface area (Å²) in [5.41, 5.74) is 8.96. The number of rotatable bonds is 3. The fraction of sp³-hybridized carbons (Fsp3) is 0.647. The topological polar surface area (TPSA) is 35.2 Å². The Balaban J connectivity index is 1.89. The van der Waals surface area contributed by atoms with Crippen molar-refractivity contribution in [2.75, 3.05) is 13.2 Å². The molecule has 0 aromatic heterocycles. The maximum atomic E-state index is 6.28. The zero-order valence-corrected chi connectivity index (χ0v) is 12.8. The van der Waals surface area contributed by atoms with Crippen molar-refractivity contribution >= 4 is 11.6 Å². The van der Waals surface area contributed by atoms with Crippen LogP contribution >= 0.6 is 11.6 Å². The van der Waals surface area contributed by atoms with Gasteiger partial charge in [-0.1, -0.05) is 37.3 Å². The van der Waals surface area contributed by atoms with Gasteiger partial charge in [-0.2, -0.15) is 0 Å². The van der Waals surface area contributed by atoms with Crippen molar-refractivity contribution in [3.8, 4) is 5.75 Å². The smallest absolute Gasteiger partial charge is 0.125 e. The zero-order valence-electron chi connectivity index (χ0n) is 12.1. The van der Waals surface area contributed by atoms with Gasteiger partial charge in [-0.15, -0.1) is 0 Å². The molecule has 110 valence electrons. The molecule has 1 heterocycles. The first-order valence-electron chi connectivity index (χ1n) is 7.87. The van der Waals surface area contributed by atoms with Gasteiger partial charge in [0.2, 0.25) is 0 Å². The summed E-state index contributed by atoms with van der Waals surface area (Å²) < 4.78 is 5.85. The van der Waals surface area contributed by atoms with Crippen LogP contribution in [0.3, 0.4) is 0 Å². The summed E-state index contributed by atoms with van der Waals surface area (Å²) >= 11 is 6.28. The van der Waals surface area contributed by atoms with E-state index in [1.54, 1.807) is 0 Å². The van der Waals surface area contributed by atoms with E-state index in [0.717, 1.165) is 36.8 Å². The van der Waals surface area contributed by atoms with E-state index >= 15 is 0 Å². The molecule has 0 saturated heterocycles. The molecule has 3 rings (SSSR count). The minimum atomic E-state index is 0.251. The molecule has 0 atom stereocenters. The molecular formula is C17H24ClNO. The van der Waals surface area contributed by atoms with Crippen LogP contribution in [0.15, 0.2) is 12.1 Å². The Hall–Kier alpha value is -0.730. The van der Waals surface area contributed by atoms with Crippen LogP contribution in [0.1, 0.15) is 49.7 Å². The molecule has 1 saturated carbocycles. The van der Waals surface area contributed by atoms with Gasteiger partial charge in [-0.25, -0.2) is 0 Å². The minimum absolute atomic E-state index is 0.251. The molecule has 0 unspecified atom stereocenters. The number of ether oxygens (including phenoxy) is 1. The highest BCUT2D eigenvalue weighted by molar-refractivity contribution is 6.30. The molecular weight excluding hydrogens is 270 g/mol. The van der Waals surface area contributed by atoms with Crippen LogP contribution in [-0.4, -0.2) is 13.2 Å². The lowest BCUT2D eigenvalue weighted by Crippen LogP contribution is -2.32. The Bertz CT molecular complexity index is 478. The lowest BCUT2D eigenvalue weighted by Gasteiger charge is -2.32. The van der Waals surface area contributed by atoms with Crippen LogP contribution in [0.4, 0.5) is 0 Å². The van der Waals surface area contributed by atoms with Crippen molar-refractivity contribution < 1.29 is 4.74 Å². The molecule has 0 amide bonds. The highest BCUT2D eigenvalue weighted by atomic mass is 35.5. The van der Waals surface area contributed by atoms with Crippen molar-refractivity contribution in [1.29, 1.82) is 0 Å². The van der Waals surface area contributed by atoms with Crippen LogP contribution in [0.25, 0.3) is 0 Å². The minimum Gasteiger partial charge on any atom is -0.493 e. The summed E-state index contributed by atoms with van der Waals surface area (Å²) in [5.74, 6) is 1.09. The Morgan fingerprint density at radius 2 is 1.90 bits per heavy atom. The molecule has 0 bridgehead atoms. The number of nitrogens with two attached hydrogens (primary N) is 1. The summed E-state index contributed by atoms with van der Waals surface area (Å²) in [6.07, 6.45) is 9.81. The maximum absolute atomic E-state index is 6.28. The average molecular weight is 294 g/mol. The van der Waals surface area contributed by atoms with Crippen LogP contribution < -0.4 is 10.5 Å². The SMILES string of the molecule is NCC1(Cc2cc(Cl)cc3c2OCC3)CCCCCC1. The first kappa shape index (κ1) is 14.2. The van der Waals surface area contributed by atoms with Crippen molar-refractivity contribution in [1.82, 2.24) is 0 Å². The van der Waals surface area contributed by atoms with Crippen molar-refractivity contribution in [3.63, 3.8) is 0 Å². The Morgan fingerprint density at radius 3 is 2.60 bits per heavy atom. The van der Waals surface area contributed by atoms with E-state index in [0.29, 0.717) is 0 Å². The monoisotopic (exact) mass is 293 g/mol. The second-order valence-electron chi connectivity index (χ2n) is 6.45. The molecule has 1 fully saturated rings. The molecule has 0 spiro atoms. The van der Waals surface area contributed by atoms with E-state index in [-0.39, 0.29) is 5.41 Å². The zero-order chi connectivity index (χ0) is 14.0. The van der Waals surface area contributed by atoms with E-state index in [4.69, 9.17) is 22.1 Å². The summed E-state index contributed by atoms with van der Waals surface area (Å²) in [4.78, 5) is 0. The van der Waals surface area contributed by atoms with Crippen molar-refractivity contribution in [2.45, 2.75) is 51.4 Å². The first-order chi connectivity index (χ1) is 9.72. The number of hydrogen-bond acceptors (Lipinski definition) is 2. The fourth-order valence-corrected chi connectivity index (χ4v) is 4.08. The van der Waals surface area contributed by atoms with Gasteiger partial charge in [0.1, 0.15) is 5.75 Å². The largest absolute Gasteiger partial charge is 0.493 e. The predicted octanol–water partition coefficient (Wildman–Crippen LogP) is 4.12. The Labute approximate surface area is 126 Å². The molecule has 0 radical (unpaired) electrons.